The van der Waals surface area contributed by atoms with Crippen LogP contribution < -0.4 is 20.1 Å². The molecule has 28 heavy (non-hydrogen) atoms. The van der Waals surface area contributed by atoms with Crippen molar-refractivity contribution in [2.45, 2.75) is 32.7 Å². The molecule has 1 atom stereocenters. The Bertz CT molecular complexity index is 645. The lowest BCUT2D eigenvalue weighted by atomic mass is 10.0. The van der Waals surface area contributed by atoms with Crippen LogP contribution in [0.3, 0.4) is 0 Å². The number of aliphatic imine (C=N–C) groups is 1. The lowest BCUT2D eigenvalue weighted by Crippen LogP contribution is -2.51. The zero-order valence-corrected chi connectivity index (χ0v) is 17.4. The summed E-state index contributed by atoms with van der Waals surface area (Å²) >= 11 is 0. The zero-order valence-electron chi connectivity index (χ0n) is 17.4. The Morgan fingerprint density at radius 3 is 2.68 bits per heavy atom. The molecule has 7 nitrogen and oxygen atoms in total. The fourth-order valence-corrected chi connectivity index (χ4v) is 3.71. The maximum Gasteiger partial charge on any atom is 0.231 e. The Hall–Kier alpha value is -1.99. The van der Waals surface area contributed by atoms with Gasteiger partial charge in [-0.2, -0.15) is 0 Å². The molecule has 1 aromatic rings. The van der Waals surface area contributed by atoms with Crippen LogP contribution in [0.25, 0.3) is 0 Å². The fraction of sp³-hybridized carbons (Fsp3) is 0.667. The standard InChI is InChI=1S/C21H34N4O3/c1-16(2)12-18(25-8-10-26-11-9-25)14-24-21(22-3)23-7-6-17-4-5-19-20(13-17)28-15-27-19/h4-5,13,16,18H,6-12,14-15H2,1-3H3,(H2,22,23,24). The Labute approximate surface area is 168 Å². The third-order valence-corrected chi connectivity index (χ3v) is 5.18. The molecule has 2 heterocycles. The highest BCUT2D eigenvalue weighted by molar-refractivity contribution is 5.79. The predicted octanol–water partition coefficient (Wildman–Crippen LogP) is 1.87. The van der Waals surface area contributed by atoms with Crippen LogP contribution in [0.5, 0.6) is 11.5 Å². The lowest BCUT2D eigenvalue weighted by molar-refractivity contribution is 0.0132. The number of morpholine rings is 1. The van der Waals surface area contributed by atoms with Crippen LogP contribution in [0.1, 0.15) is 25.8 Å². The van der Waals surface area contributed by atoms with Gasteiger partial charge in [-0.25, -0.2) is 0 Å². The van der Waals surface area contributed by atoms with Crippen molar-refractivity contribution in [3.8, 4) is 11.5 Å². The summed E-state index contributed by atoms with van der Waals surface area (Å²) in [5.74, 6) is 3.17. The van der Waals surface area contributed by atoms with Crippen LogP contribution in [0.4, 0.5) is 0 Å². The summed E-state index contributed by atoms with van der Waals surface area (Å²) in [5.41, 5.74) is 1.22. The van der Waals surface area contributed by atoms with Crippen molar-refractivity contribution in [2.24, 2.45) is 10.9 Å². The summed E-state index contributed by atoms with van der Waals surface area (Å²) in [6.07, 6.45) is 2.07. The lowest BCUT2D eigenvalue weighted by Gasteiger charge is -2.35. The van der Waals surface area contributed by atoms with Gasteiger partial charge in [0.05, 0.1) is 13.2 Å². The van der Waals surface area contributed by atoms with Crippen LogP contribution in [-0.2, 0) is 11.2 Å². The maximum absolute atomic E-state index is 5.51. The van der Waals surface area contributed by atoms with Crippen molar-refractivity contribution >= 4 is 5.96 Å². The highest BCUT2D eigenvalue weighted by atomic mass is 16.7. The van der Waals surface area contributed by atoms with Gasteiger partial charge in [0.2, 0.25) is 6.79 Å². The van der Waals surface area contributed by atoms with Gasteiger partial charge in [-0.15, -0.1) is 0 Å². The molecule has 0 aromatic heterocycles. The maximum atomic E-state index is 5.51. The summed E-state index contributed by atoms with van der Waals surface area (Å²) < 4.78 is 16.3. The summed E-state index contributed by atoms with van der Waals surface area (Å²) in [6, 6.07) is 6.61. The Morgan fingerprint density at radius 1 is 1.14 bits per heavy atom. The minimum absolute atomic E-state index is 0.314. The van der Waals surface area contributed by atoms with E-state index in [2.05, 4.69) is 46.5 Å². The van der Waals surface area contributed by atoms with E-state index in [1.807, 2.05) is 13.1 Å². The second-order valence-electron chi connectivity index (χ2n) is 7.75. The number of fused-ring (bicyclic) bond motifs is 1. The molecular weight excluding hydrogens is 356 g/mol. The van der Waals surface area contributed by atoms with Gasteiger partial charge < -0.3 is 24.8 Å². The molecule has 1 aromatic carbocycles. The van der Waals surface area contributed by atoms with E-state index in [4.69, 9.17) is 14.2 Å². The van der Waals surface area contributed by atoms with E-state index in [0.717, 1.165) is 63.3 Å². The molecule has 3 rings (SSSR count). The van der Waals surface area contributed by atoms with E-state index in [-0.39, 0.29) is 0 Å². The summed E-state index contributed by atoms with van der Waals surface area (Å²) in [5, 5.41) is 6.93. The van der Waals surface area contributed by atoms with Gasteiger partial charge in [-0.1, -0.05) is 19.9 Å². The van der Waals surface area contributed by atoms with Crippen LogP contribution in [0.2, 0.25) is 0 Å². The average molecular weight is 391 g/mol. The van der Waals surface area contributed by atoms with Crippen molar-refractivity contribution in [2.75, 3.05) is 53.2 Å². The molecule has 2 N–H and O–H groups in total. The van der Waals surface area contributed by atoms with E-state index in [1.165, 1.54) is 12.0 Å². The third-order valence-electron chi connectivity index (χ3n) is 5.18. The predicted molar refractivity (Wildman–Crippen MR) is 111 cm³/mol. The molecule has 0 radical (unpaired) electrons. The number of nitrogens with zero attached hydrogens (tertiary/aromatic N) is 2. The van der Waals surface area contributed by atoms with Crippen molar-refractivity contribution in [3.05, 3.63) is 23.8 Å². The molecule has 2 aliphatic heterocycles. The van der Waals surface area contributed by atoms with Gasteiger partial charge in [0.1, 0.15) is 0 Å². The number of rotatable bonds is 8. The first-order valence-corrected chi connectivity index (χ1v) is 10.3. The van der Waals surface area contributed by atoms with Gasteiger partial charge >= 0.3 is 0 Å². The summed E-state index contributed by atoms with van der Waals surface area (Å²) in [6.45, 7) is 10.3. The molecule has 0 amide bonds. The van der Waals surface area contributed by atoms with Crippen LogP contribution in [-0.4, -0.2) is 70.1 Å². The number of ether oxygens (including phenoxy) is 3. The van der Waals surface area contributed by atoms with Gasteiger partial charge in [0.25, 0.3) is 0 Å². The number of benzene rings is 1. The first kappa shape index (κ1) is 20.7. The SMILES string of the molecule is CN=C(NCCc1ccc2c(c1)OCO2)NCC(CC(C)C)N1CCOCC1. The molecule has 1 unspecified atom stereocenters. The van der Waals surface area contributed by atoms with Crippen LogP contribution >= 0.6 is 0 Å². The first-order valence-electron chi connectivity index (χ1n) is 10.3. The molecule has 0 aliphatic carbocycles. The minimum Gasteiger partial charge on any atom is -0.454 e. The van der Waals surface area contributed by atoms with Gasteiger partial charge in [0.15, 0.2) is 17.5 Å². The highest BCUT2D eigenvalue weighted by Gasteiger charge is 2.22. The van der Waals surface area contributed by atoms with E-state index in [1.54, 1.807) is 0 Å². The Morgan fingerprint density at radius 2 is 1.93 bits per heavy atom. The second kappa shape index (κ2) is 10.5. The topological polar surface area (TPSA) is 67.4 Å². The number of guanidine groups is 1. The van der Waals surface area contributed by atoms with E-state index in [9.17, 15) is 0 Å². The van der Waals surface area contributed by atoms with Crippen molar-refractivity contribution in [3.63, 3.8) is 0 Å². The normalized spacial score (nSPS) is 18.4. The highest BCUT2D eigenvalue weighted by Crippen LogP contribution is 2.32. The van der Waals surface area contributed by atoms with E-state index in [0.29, 0.717) is 18.8 Å². The molecular formula is C21H34N4O3. The second-order valence-corrected chi connectivity index (χ2v) is 7.75. The molecule has 156 valence electrons. The summed E-state index contributed by atoms with van der Waals surface area (Å²) in [7, 11) is 1.82. The van der Waals surface area contributed by atoms with Gasteiger partial charge in [0, 0.05) is 39.3 Å². The first-order chi connectivity index (χ1) is 13.7. The molecule has 0 bridgehead atoms. The van der Waals surface area contributed by atoms with Crippen molar-refractivity contribution in [1.82, 2.24) is 15.5 Å². The number of nitrogens with one attached hydrogen (secondary N) is 2. The van der Waals surface area contributed by atoms with E-state index >= 15 is 0 Å². The Balaban J connectivity index is 1.45. The summed E-state index contributed by atoms with van der Waals surface area (Å²) in [4.78, 5) is 6.92. The van der Waals surface area contributed by atoms with Crippen molar-refractivity contribution in [1.29, 1.82) is 0 Å². The molecule has 1 fully saturated rings. The molecule has 0 spiro atoms. The average Bonchev–Trinajstić information content (AvgIpc) is 3.17. The number of hydrogen-bond acceptors (Lipinski definition) is 5. The fourth-order valence-electron chi connectivity index (χ4n) is 3.71. The van der Waals surface area contributed by atoms with Crippen LogP contribution in [0.15, 0.2) is 23.2 Å². The minimum atomic E-state index is 0.314. The smallest absolute Gasteiger partial charge is 0.231 e. The molecule has 2 aliphatic rings. The van der Waals surface area contributed by atoms with Crippen LogP contribution in [0, 0.1) is 5.92 Å². The van der Waals surface area contributed by atoms with Gasteiger partial charge in [-0.3, -0.25) is 9.89 Å². The quantitative estimate of drug-likeness (QED) is 0.522. The monoisotopic (exact) mass is 390 g/mol. The largest absolute Gasteiger partial charge is 0.454 e. The third kappa shape index (κ3) is 6.01. The molecule has 1 saturated heterocycles. The van der Waals surface area contributed by atoms with Crippen molar-refractivity contribution < 1.29 is 14.2 Å². The van der Waals surface area contributed by atoms with E-state index < -0.39 is 0 Å². The number of hydrogen-bond donors (Lipinski definition) is 2. The Kier molecular flexibility index (Phi) is 7.80. The van der Waals surface area contributed by atoms with Gasteiger partial charge in [-0.05, 0) is 36.5 Å². The molecule has 0 saturated carbocycles. The molecule has 7 heteroatoms. The zero-order chi connectivity index (χ0) is 19.8.